The van der Waals surface area contributed by atoms with Gasteiger partial charge >= 0.3 is 0 Å². The Labute approximate surface area is 178 Å². The van der Waals surface area contributed by atoms with Crippen LogP contribution in [0.3, 0.4) is 0 Å². The molecule has 0 radical (unpaired) electrons. The van der Waals surface area contributed by atoms with E-state index in [1.807, 2.05) is 62.5 Å². The van der Waals surface area contributed by atoms with Crippen molar-refractivity contribution in [1.29, 1.82) is 0 Å². The smallest absolute Gasteiger partial charge is 0.295 e. The Morgan fingerprint density at radius 3 is 2.40 bits per heavy atom. The zero-order valence-electron chi connectivity index (χ0n) is 17.3. The molecule has 1 aromatic heterocycles. The number of thioether (sulfide) groups is 1. The van der Waals surface area contributed by atoms with E-state index < -0.39 is 0 Å². The minimum atomic E-state index is -0.388. The molecule has 3 aromatic rings. The van der Waals surface area contributed by atoms with Gasteiger partial charge in [-0.05, 0) is 25.1 Å². The maximum atomic E-state index is 13.5. The summed E-state index contributed by atoms with van der Waals surface area (Å²) in [5, 5.41) is -0.388. The molecular weight excluding hydrogens is 402 g/mol. The fourth-order valence-corrected chi connectivity index (χ4v) is 5.01. The first kappa shape index (κ1) is 20.2. The molecular formula is C22H23N3O4S. The molecule has 1 saturated heterocycles. The molecule has 0 saturated carbocycles. The highest BCUT2D eigenvalue weighted by atomic mass is 32.2. The first-order valence-electron chi connectivity index (χ1n) is 9.48. The Balaban J connectivity index is 1.89. The Bertz CT molecular complexity index is 1150. The molecule has 1 fully saturated rings. The minimum absolute atomic E-state index is 0.110. The lowest BCUT2D eigenvalue weighted by Gasteiger charge is -2.25. The Hall–Kier alpha value is -3.13. The first-order valence-corrected chi connectivity index (χ1v) is 10.5. The summed E-state index contributed by atoms with van der Waals surface area (Å²) in [5.74, 6) is 1.32. The maximum absolute atomic E-state index is 13.5. The average molecular weight is 426 g/mol. The number of methoxy groups -OCH3 is 2. The van der Waals surface area contributed by atoms with Gasteiger partial charge < -0.3 is 9.47 Å². The molecule has 0 aliphatic carbocycles. The van der Waals surface area contributed by atoms with Crippen LogP contribution in [0.2, 0.25) is 0 Å². The van der Waals surface area contributed by atoms with Crippen molar-refractivity contribution in [3.05, 3.63) is 70.1 Å². The standard InChI is InChI=1S/C22H23N3O4S/c1-14-19(21(27)25(23(14)2)15-9-6-5-7-10-15)24-18(26)13-30-22(24)16-11-8-12-17(28-3)20(16)29-4/h5-12,22H,13H2,1-4H3. The second kappa shape index (κ2) is 7.95. The molecule has 156 valence electrons. The van der Waals surface area contributed by atoms with Gasteiger partial charge in [-0.3, -0.25) is 19.2 Å². The molecule has 7 nitrogen and oxygen atoms in total. The van der Waals surface area contributed by atoms with Crippen molar-refractivity contribution in [1.82, 2.24) is 9.36 Å². The zero-order valence-corrected chi connectivity index (χ0v) is 18.1. The van der Waals surface area contributed by atoms with Crippen molar-refractivity contribution >= 4 is 23.4 Å². The first-order chi connectivity index (χ1) is 14.5. The van der Waals surface area contributed by atoms with Gasteiger partial charge in [0.2, 0.25) is 5.91 Å². The van der Waals surface area contributed by atoms with Gasteiger partial charge in [-0.2, -0.15) is 0 Å². The number of benzene rings is 2. The number of hydrogen-bond acceptors (Lipinski definition) is 5. The molecule has 0 N–H and O–H groups in total. The summed E-state index contributed by atoms with van der Waals surface area (Å²) in [6.45, 7) is 1.85. The third kappa shape index (κ3) is 3.08. The molecule has 0 spiro atoms. The van der Waals surface area contributed by atoms with Crippen LogP contribution in [0.15, 0.2) is 53.3 Å². The van der Waals surface area contributed by atoms with E-state index in [2.05, 4.69) is 0 Å². The normalized spacial score (nSPS) is 16.2. The predicted octanol–water partition coefficient (Wildman–Crippen LogP) is 3.28. The fourth-order valence-electron chi connectivity index (χ4n) is 3.83. The summed E-state index contributed by atoms with van der Waals surface area (Å²) in [7, 11) is 4.97. The highest BCUT2D eigenvalue weighted by Gasteiger charge is 2.40. The number of nitrogens with zero attached hydrogens (tertiary/aromatic N) is 3. The van der Waals surface area contributed by atoms with Crippen molar-refractivity contribution in [2.45, 2.75) is 12.3 Å². The van der Waals surface area contributed by atoms with Crippen molar-refractivity contribution in [2.24, 2.45) is 7.05 Å². The summed E-state index contributed by atoms with van der Waals surface area (Å²) < 4.78 is 14.4. The van der Waals surface area contributed by atoms with Crippen LogP contribution in [0, 0.1) is 6.92 Å². The van der Waals surface area contributed by atoms with Gasteiger partial charge in [-0.15, -0.1) is 11.8 Å². The lowest BCUT2D eigenvalue weighted by Crippen LogP contribution is -2.33. The van der Waals surface area contributed by atoms with Gasteiger partial charge in [0.1, 0.15) is 11.1 Å². The number of carbonyl (C=O) groups excluding carboxylic acids is 1. The highest BCUT2D eigenvalue weighted by Crippen LogP contribution is 2.47. The van der Waals surface area contributed by atoms with E-state index in [1.54, 1.807) is 28.5 Å². The molecule has 2 aromatic carbocycles. The molecule has 1 aliphatic heterocycles. The number of amides is 1. The van der Waals surface area contributed by atoms with Crippen LogP contribution in [0.5, 0.6) is 11.5 Å². The summed E-state index contributed by atoms with van der Waals surface area (Å²) in [6.07, 6.45) is 0. The van der Waals surface area contributed by atoms with E-state index in [1.165, 1.54) is 11.8 Å². The largest absolute Gasteiger partial charge is 0.493 e. The van der Waals surface area contributed by atoms with Crippen molar-refractivity contribution in [3.63, 3.8) is 0 Å². The molecule has 1 unspecified atom stereocenters. The van der Waals surface area contributed by atoms with E-state index in [9.17, 15) is 9.59 Å². The monoisotopic (exact) mass is 425 g/mol. The lowest BCUT2D eigenvalue weighted by atomic mass is 10.1. The maximum Gasteiger partial charge on any atom is 0.295 e. The van der Waals surface area contributed by atoms with Crippen LogP contribution in [-0.2, 0) is 11.8 Å². The third-order valence-electron chi connectivity index (χ3n) is 5.33. The van der Waals surface area contributed by atoms with Crippen LogP contribution in [0.4, 0.5) is 5.69 Å². The van der Waals surface area contributed by atoms with Crippen molar-refractivity contribution in [2.75, 3.05) is 24.9 Å². The van der Waals surface area contributed by atoms with Crippen LogP contribution < -0.4 is 19.9 Å². The van der Waals surface area contributed by atoms with Gasteiger partial charge in [0, 0.05) is 12.6 Å². The predicted molar refractivity (Wildman–Crippen MR) is 118 cm³/mol. The number of anilines is 1. The minimum Gasteiger partial charge on any atom is -0.493 e. The number of hydrogen-bond donors (Lipinski definition) is 0. The van der Waals surface area contributed by atoms with E-state index in [4.69, 9.17) is 9.47 Å². The zero-order chi connectivity index (χ0) is 21.4. The molecule has 1 amide bonds. The van der Waals surface area contributed by atoms with Gasteiger partial charge in [-0.25, -0.2) is 4.68 Å². The summed E-state index contributed by atoms with van der Waals surface area (Å²) in [4.78, 5) is 28.0. The Morgan fingerprint density at radius 2 is 1.73 bits per heavy atom. The fraction of sp³-hybridized carbons (Fsp3) is 0.273. The van der Waals surface area contributed by atoms with Crippen molar-refractivity contribution in [3.8, 4) is 17.2 Å². The number of aromatic nitrogens is 2. The summed E-state index contributed by atoms with van der Waals surface area (Å²) in [5.41, 5.74) is 2.40. The quantitative estimate of drug-likeness (QED) is 0.628. The third-order valence-corrected chi connectivity index (χ3v) is 6.53. The van der Waals surface area contributed by atoms with E-state index in [-0.39, 0.29) is 22.6 Å². The van der Waals surface area contributed by atoms with E-state index in [0.717, 1.165) is 11.3 Å². The van der Waals surface area contributed by atoms with Crippen molar-refractivity contribution < 1.29 is 14.3 Å². The number of ether oxygens (including phenoxy) is 2. The second-order valence-corrected chi connectivity index (χ2v) is 7.99. The van der Waals surface area contributed by atoms with Gasteiger partial charge in [-0.1, -0.05) is 30.3 Å². The Morgan fingerprint density at radius 1 is 1.00 bits per heavy atom. The molecule has 1 aliphatic rings. The second-order valence-electron chi connectivity index (χ2n) is 6.92. The van der Waals surface area contributed by atoms with Gasteiger partial charge in [0.05, 0.1) is 31.4 Å². The molecule has 8 heteroatoms. The molecule has 1 atom stereocenters. The van der Waals surface area contributed by atoms with E-state index in [0.29, 0.717) is 22.9 Å². The average Bonchev–Trinajstić information content (AvgIpc) is 3.24. The molecule has 2 heterocycles. The van der Waals surface area contributed by atoms with Crippen LogP contribution in [0.25, 0.3) is 5.69 Å². The molecule has 0 bridgehead atoms. The van der Waals surface area contributed by atoms with E-state index >= 15 is 0 Å². The molecule has 4 rings (SSSR count). The topological polar surface area (TPSA) is 65.7 Å². The number of rotatable bonds is 5. The lowest BCUT2D eigenvalue weighted by molar-refractivity contribution is -0.115. The number of carbonyl (C=O) groups is 1. The van der Waals surface area contributed by atoms with Gasteiger partial charge in [0.15, 0.2) is 11.5 Å². The van der Waals surface area contributed by atoms with Crippen LogP contribution >= 0.6 is 11.8 Å². The summed E-state index contributed by atoms with van der Waals surface area (Å²) >= 11 is 1.47. The summed E-state index contributed by atoms with van der Waals surface area (Å²) in [6, 6.07) is 15.0. The molecule has 30 heavy (non-hydrogen) atoms. The van der Waals surface area contributed by atoms with Gasteiger partial charge in [0.25, 0.3) is 5.56 Å². The number of para-hydroxylation sites is 2. The van der Waals surface area contributed by atoms with Crippen LogP contribution in [-0.4, -0.2) is 35.2 Å². The highest BCUT2D eigenvalue weighted by molar-refractivity contribution is 8.00. The van der Waals surface area contributed by atoms with Crippen LogP contribution in [0.1, 0.15) is 16.6 Å². The SMILES string of the molecule is COc1cccc(C2SCC(=O)N2c2c(C)n(C)n(-c3ccccc3)c2=O)c1OC. The Kier molecular flexibility index (Phi) is 5.34.